The molecule has 0 aromatic heterocycles. The molecule has 0 radical (unpaired) electrons. The molecule has 0 N–H and O–H groups in total. The summed E-state index contributed by atoms with van der Waals surface area (Å²) < 4.78 is 17.4. The van der Waals surface area contributed by atoms with Crippen molar-refractivity contribution in [2.24, 2.45) is 0 Å². The Labute approximate surface area is 189 Å². The van der Waals surface area contributed by atoms with Crippen molar-refractivity contribution < 1.29 is 19.0 Å². The molecule has 0 bridgehead atoms. The molecule has 4 rings (SSSR count). The van der Waals surface area contributed by atoms with Crippen LogP contribution in [0.15, 0.2) is 84.9 Å². The summed E-state index contributed by atoms with van der Waals surface area (Å²) in [5.41, 5.74) is 3.17. The van der Waals surface area contributed by atoms with Crippen molar-refractivity contribution in [3.8, 4) is 5.75 Å². The van der Waals surface area contributed by atoms with Crippen LogP contribution < -0.4 is 4.74 Å². The first-order chi connectivity index (χ1) is 15.8. The van der Waals surface area contributed by atoms with E-state index < -0.39 is 0 Å². The van der Waals surface area contributed by atoms with Gasteiger partial charge in [-0.15, -0.1) is 0 Å². The highest BCUT2D eigenvalue weighted by molar-refractivity contribution is 5.68. The van der Waals surface area contributed by atoms with E-state index in [1.54, 1.807) is 4.90 Å². The molecule has 0 saturated carbocycles. The van der Waals surface area contributed by atoms with Gasteiger partial charge in [0, 0.05) is 6.54 Å². The smallest absolute Gasteiger partial charge is 0.410 e. The van der Waals surface area contributed by atoms with Crippen LogP contribution in [0.2, 0.25) is 0 Å². The van der Waals surface area contributed by atoms with E-state index in [1.165, 1.54) is 0 Å². The number of amides is 1. The highest BCUT2D eigenvalue weighted by Crippen LogP contribution is 2.21. The van der Waals surface area contributed by atoms with Crippen molar-refractivity contribution in [3.63, 3.8) is 0 Å². The van der Waals surface area contributed by atoms with Gasteiger partial charge >= 0.3 is 6.09 Å². The van der Waals surface area contributed by atoms with E-state index in [1.807, 2.05) is 84.9 Å². The van der Waals surface area contributed by atoms with Crippen LogP contribution in [-0.4, -0.2) is 30.2 Å². The van der Waals surface area contributed by atoms with Gasteiger partial charge in [0.2, 0.25) is 0 Å². The number of carbonyl (C=O) groups excluding carboxylic acids is 1. The van der Waals surface area contributed by atoms with E-state index in [0.29, 0.717) is 33.0 Å². The van der Waals surface area contributed by atoms with Crippen LogP contribution in [0.25, 0.3) is 0 Å². The number of rotatable bonds is 9. The molecule has 5 nitrogen and oxygen atoms in total. The van der Waals surface area contributed by atoms with Crippen molar-refractivity contribution in [1.82, 2.24) is 4.90 Å². The van der Waals surface area contributed by atoms with Gasteiger partial charge in [0.1, 0.15) is 19.0 Å². The molecule has 32 heavy (non-hydrogen) atoms. The number of carbonyl (C=O) groups is 1. The van der Waals surface area contributed by atoms with Crippen LogP contribution in [0.1, 0.15) is 29.5 Å². The van der Waals surface area contributed by atoms with E-state index in [4.69, 9.17) is 14.2 Å². The molecule has 1 aliphatic heterocycles. The number of hydrogen-bond donors (Lipinski definition) is 0. The first-order valence-electron chi connectivity index (χ1n) is 11.1. The lowest BCUT2D eigenvalue weighted by Gasteiger charge is -2.24. The quantitative estimate of drug-likeness (QED) is 0.444. The molecule has 3 aromatic rings. The van der Waals surface area contributed by atoms with Gasteiger partial charge in [-0.1, -0.05) is 72.8 Å². The summed E-state index contributed by atoms with van der Waals surface area (Å²) in [5.74, 6) is 0.821. The molecule has 166 valence electrons. The van der Waals surface area contributed by atoms with Crippen molar-refractivity contribution in [1.29, 1.82) is 0 Å². The largest absolute Gasteiger partial charge is 0.489 e. The van der Waals surface area contributed by atoms with E-state index in [9.17, 15) is 4.79 Å². The van der Waals surface area contributed by atoms with Gasteiger partial charge in [0.25, 0.3) is 0 Å². The number of ether oxygens (including phenoxy) is 3. The molecule has 1 aliphatic rings. The summed E-state index contributed by atoms with van der Waals surface area (Å²) in [5, 5.41) is 0. The third-order valence-electron chi connectivity index (χ3n) is 5.54. The predicted molar refractivity (Wildman–Crippen MR) is 123 cm³/mol. The van der Waals surface area contributed by atoms with Gasteiger partial charge in [-0.2, -0.15) is 0 Å². The molecule has 1 fully saturated rings. The Balaban J connectivity index is 1.22. The number of likely N-dealkylation sites (tertiary alicyclic amines) is 1. The minimum absolute atomic E-state index is 0.0517. The van der Waals surface area contributed by atoms with Crippen LogP contribution >= 0.6 is 0 Å². The highest BCUT2D eigenvalue weighted by atomic mass is 16.6. The maximum absolute atomic E-state index is 12.5. The minimum atomic E-state index is -0.267. The van der Waals surface area contributed by atoms with Crippen LogP contribution in [0.3, 0.4) is 0 Å². The molecule has 0 spiro atoms. The fourth-order valence-electron chi connectivity index (χ4n) is 3.83. The molecule has 1 heterocycles. The first kappa shape index (κ1) is 21.9. The zero-order valence-corrected chi connectivity index (χ0v) is 18.2. The Kier molecular flexibility index (Phi) is 7.77. The number of nitrogens with zero attached hydrogens (tertiary/aromatic N) is 1. The van der Waals surface area contributed by atoms with Crippen LogP contribution in [0, 0.1) is 0 Å². The lowest BCUT2D eigenvalue weighted by Crippen LogP contribution is -2.38. The summed E-state index contributed by atoms with van der Waals surface area (Å²) >= 11 is 0. The van der Waals surface area contributed by atoms with Crippen molar-refractivity contribution in [3.05, 3.63) is 102 Å². The number of hydrogen-bond acceptors (Lipinski definition) is 4. The Hall–Kier alpha value is -3.31. The topological polar surface area (TPSA) is 48.0 Å². The first-order valence-corrected chi connectivity index (χ1v) is 11.1. The summed E-state index contributed by atoms with van der Waals surface area (Å²) in [6.07, 6.45) is 1.63. The fourth-order valence-corrected chi connectivity index (χ4v) is 3.83. The molecule has 1 saturated heterocycles. The van der Waals surface area contributed by atoms with E-state index in [0.717, 1.165) is 35.3 Å². The van der Waals surface area contributed by atoms with E-state index in [2.05, 4.69) is 0 Å². The second-order valence-corrected chi connectivity index (χ2v) is 7.97. The lowest BCUT2D eigenvalue weighted by molar-refractivity contribution is 0.0493. The molecular weight excluding hydrogens is 402 g/mol. The second kappa shape index (κ2) is 11.3. The molecule has 1 amide bonds. The van der Waals surface area contributed by atoms with Crippen LogP contribution in [-0.2, 0) is 29.3 Å². The normalized spacial score (nSPS) is 15.5. The minimum Gasteiger partial charge on any atom is -0.489 e. The maximum atomic E-state index is 12.5. The van der Waals surface area contributed by atoms with Gasteiger partial charge in [-0.25, -0.2) is 4.79 Å². The van der Waals surface area contributed by atoms with Gasteiger partial charge in [0.05, 0.1) is 19.3 Å². The SMILES string of the molecule is O=C(OCc1ccccc1)N1CCC[C@H]1COCc1cccc(OCc2ccccc2)c1. The van der Waals surface area contributed by atoms with Gasteiger partial charge < -0.3 is 19.1 Å². The Morgan fingerprint density at radius 3 is 2.25 bits per heavy atom. The van der Waals surface area contributed by atoms with E-state index in [-0.39, 0.29) is 12.1 Å². The summed E-state index contributed by atoms with van der Waals surface area (Å²) in [7, 11) is 0. The van der Waals surface area contributed by atoms with Crippen molar-refractivity contribution in [2.75, 3.05) is 13.2 Å². The second-order valence-electron chi connectivity index (χ2n) is 7.97. The molecule has 5 heteroatoms. The average molecular weight is 432 g/mol. The van der Waals surface area contributed by atoms with Crippen LogP contribution in [0.4, 0.5) is 4.79 Å². The standard InChI is InChI=1S/C27H29NO4/c29-27(32-20-23-11-5-2-6-12-23)28-16-8-14-25(28)21-30-18-24-13-7-15-26(17-24)31-19-22-9-3-1-4-10-22/h1-7,9-13,15,17,25H,8,14,16,18-21H2/t25-/m0/s1. The summed E-state index contributed by atoms with van der Waals surface area (Å²) in [4.78, 5) is 14.3. The fraction of sp³-hybridized carbons (Fsp3) is 0.296. The number of benzene rings is 3. The molecule has 1 atom stereocenters. The summed E-state index contributed by atoms with van der Waals surface area (Å²) in [6.45, 7) is 2.51. The van der Waals surface area contributed by atoms with Crippen molar-refractivity contribution in [2.45, 2.75) is 38.7 Å². The van der Waals surface area contributed by atoms with Gasteiger partial charge in [-0.3, -0.25) is 0 Å². The Bertz CT molecular complexity index is 977. The maximum Gasteiger partial charge on any atom is 0.410 e. The third kappa shape index (κ3) is 6.34. The summed E-state index contributed by atoms with van der Waals surface area (Å²) in [6, 6.07) is 27.8. The monoisotopic (exact) mass is 431 g/mol. The molecule has 0 aliphatic carbocycles. The Morgan fingerprint density at radius 2 is 1.50 bits per heavy atom. The predicted octanol–water partition coefficient (Wildman–Crippen LogP) is 5.58. The molecule has 0 unspecified atom stereocenters. The van der Waals surface area contributed by atoms with Gasteiger partial charge in [0.15, 0.2) is 0 Å². The van der Waals surface area contributed by atoms with Crippen LogP contribution in [0.5, 0.6) is 5.75 Å². The lowest BCUT2D eigenvalue weighted by atomic mass is 10.2. The highest BCUT2D eigenvalue weighted by Gasteiger charge is 2.30. The zero-order valence-electron chi connectivity index (χ0n) is 18.2. The van der Waals surface area contributed by atoms with E-state index >= 15 is 0 Å². The molecular formula is C27H29NO4. The third-order valence-corrected chi connectivity index (χ3v) is 5.54. The zero-order chi connectivity index (χ0) is 22.0. The average Bonchev–Trinajstić information content (AvgIpc) is 3.31. The van der Waals surface area contributed by atoms with Gasteiger partial charge in [-0.05, 0) is 41.7 Å². The molecule has 3 aromatic carbocycles. The van der Waals surface area contributed by atoms with Crippen molar-refractivity contribution >= 4 is 6.09 Å². The Morgan fingerprint density at radius 1 is 0.812 bits per heavy atom.